The summed E-state index contributed by atoms with van der Waals surface area (Å²) in [6.45, 7) is 1.88. The maximum absolute atomic E-state index is 13.2. The minimum absolute atomic E-state index is 0.0289. The fourth-order valence-electron chi connectivity index (χ4n) is 2.60. The molecule has 0 bridgehead atoms. The molecule has 0 spiro atoms. The number of aryl methyl sites for hydroxylation is 1. The minimum atomic E-state index is -3.79. The summed E-state index contributed by atoms with van der Waals surface area (Å²) in [6.07, 6.45) is 1.43. The molecular formula is C20H19FN2O4S. The van der Waals surface area contributed by atoms with Crippen LogP contribution in [0.25, 0.3) is 0 Å². The molecule has 0 saturated heterocycles. The highest BCUT2D eigenvalue weighted by Gasteiger charge is 2.16. The van der Waals surface area contributed by atoms with Crippen LogP contribution < -0.4 is 10.0 Å². The molecule has 0 aliphatic heterocycles. The van der Waals surface area contributed by atoms with E-state index in [4.69, 9.17) is 4.42 Å². The Balaban J connectivity index is 1.66. The molecule has 0 saturated carbocycles. The van der Waals surface area contributed by atoms with Gasteiger partial charge in [-0.1, -0.05) is 24.3 Å². The van der Waals surface area contributed by atoms with Gasteiger partial charge in [0.2, 0.25) is 10.0 Å². The fraction of sp³-hybridized carbons (Fsp3) is 0.150. The lowest BCUT2D eigenvalue weighted by molar-refractivity contribution is 0.0922. The average Bonchev–Trinajstić information content (AvgIpc) is 3.11. The summed E-state index contributed by atoms with van der Waals surface area (Å²) in [5.41, 5.74) is 1.85. The number of rotatable bonds is 7. The molecular weight excluding hydrogens is 383 g/mol. The van der Waals surface area contributed by atoms with Gasteiger partial charge in [-0.3, -0.25) is 4.79 Å². The molecule has 8 heteroatoms. The lowest BCUT2D eigenvalue weighted by Crippen LogP contribution is -2.25. The smallest absolute Gasteiger partial charge is 0.287 e. The van der Waals surface area contributed by atoms with Gasteiger partial charge in [-0.25, -0.2) is 17.5 Å². The molecule has 1 aromatic heterocycles. The molecule has 1 heterocycles. The predicted octanol–water partition coefficient (Wildman–Crippen LogP) is 3.14. The van der Waals surface area contributed by atoms with Gasteiger partial charge in [-0.2, -0.15) is 0 Å². The van der Waals surface area contributed by atoms with Gasteiger partial charge in [0.1, 0.15) is 5.82 Å². The summed E-state index contributed by atoms with van der Waals surface area (Å²) >= 11 is 0. The zero-order valence-electron chi connectivity index (χ0n) is 15.1. The van der Waals surface area contributed by atoms with Gasteiger partial charge in [0.25, 0.3) is 5.91 Å². The Hall–Kier alpha value is -2.97. The SMILES string of the molecule is Cc1ccoc1C(=O)NCc1cccc(S(=O)(=O)NCc2cccc(F)c2)c1. The largest absolute Gasteiger partial charge is 0.459 e. The first-order chi connectivity index (χ1) is 13.3. The maximum Gasteiger partial charge on any atom is 0.287 e. The van der Waals surface area contributed by atoms with E-state index in [1.165, 1.54) is 36.6 Å². The second-order valence-electron chi connectivity index (χ2n) is 6.22. The van der Waals surface area contributed by atoms with Crippen LogP contribution in [0.1, 0.15) is 27.2 Å². The summed E-state index contributed by atoms with van der Waals surface area (Å²) in [7, 11) is -3.79. The number of sulfonamides is 1. The Bertz CT molecular complexity index is 1090. The van der Waals surface area contributed by atoms with Crippen molar-refractivity contribution < 1.29 is 22.0 Å². The Morgan fingerprint density at radius 3 is 2.43 bits per heavy atom. The van der Waals surface area contributed by atoms with E-state index in [1.807, 2.05) is 0 Å². The van der Waals surface area contributed by atoms with Crippen molar-refractivity contribution in [3.05, 3.63) is 89.1 Å². The number of amides is 1. The molecule has 6 nitrogen and oxygen atoms in total. The first-order valence-corrected chi connectivity index (χ1v) is 9.99. The molecule has 0 radical (unpaired) electrons. The minimum Gasteiger partial charge on any atom is -0.459 e. The lowest BCUT2D eigenvalue weighted by atomic mass is 10.2. The zero-order chi connectivity index (χ0) is 20.1. The fourth-order valence-corrected chi connectivity index (χ4v) is 3.69. The molecule has 3 rings (SSSR count). The van der Waals surface area contributed by atoms with Crippen LogP contribution in [0, 0.1) is 12.7 Å². The number of hydrogen-bond donors (Lipinski definition) is 2. The predicted molar refractivity (Wildman–Crippen MR) is 101 cm³/mol. The molecule has 1 amide bonds. The van der Waals surface area contributed by atoms with Crippen LogP contribution in [0.5, 0.6) is 0 Å². The van der Waals surface area contributed by atoms with Crippen LogP contribution in [0.15, 0.2) is 70.2 Å². The zero-order valence-corrected chi connectivity index (χ0v) is 15.9. The van der Waals surface area contributed by atoms with Gasteiger partial charge in [0.05, 0.1) is 11.2 Å². The highest BCUT2D eigenvalue weighted by atomic mass is 32.2. The van der Waals surface area contributed by atoms with Crippen molar-refractivity contribution in [1.82, 2.24) is 10.0 Å². The van der Waals surface area contributed by atoms with E-state index < -0.39 is 15.8 Å². The summed E-state index contributed by atoms with van der Waals surface area (Å²) in [5, 5.41) is 2.70. The van der Waals surface area contributed by atoms with Crippen LogP contribution in [-0.4, -0.2) is 14.3 Å². The monoisotopic (exact) mass is 402 g/mol. The maximum atomic E-state index is 13.2. The van der Waals surface area contributed by atoms with Gasteiger partial charge in [0, 0.05) is 18.7 Å². The average molecular weight is 402 g/mol. The first kappa shape index (κ1) is 19.8. The molecule has 28 heavy (non-hydrogen) atoms. The standard InChI is InChI=1S/C20H19FN2O4S/c1-14-8-9-27-19(14)20(24)22-12-16-5-3-7-18(11-16)28(25,26)23-13-15-4-2-6-17(21)10-15/h2-11,23H,12-13H2,1H3,(H,22,24). The number of halogens is 1. The molecule has 2 N–H and O–H groups in total. The van der Waals surface area contributed by atoms with Crippen LogP contribution >= 0.6 is 0 Å². The van der Waals surface area contributed by atoms with Gasteiger partial charge in [-0.05, 0) is 48.4 Å². The molecule has 0 atom stereocenters. The van der Waals surface area contributed by atoms with Crippen LogP contribution in [0.2, 0.25) is 0 Å². The number of nitrogens with one attached hydrogen (secondary N) is 2. The van der Waals surface area contributed by atoms with E-state index in [0.29, 0.717) is 11.1 Å². The van der Waals surface area contributed by atoms with Gasteiger partial charge in [0.15, 0.2) is 5.76 Å². The summed E-state index contributed by atoms with van der Waals surface area (Å²) < 4.78 is 45.8. The Labute approximate surface area is 162 Å². The van der Waals surface area contributed by atoms with E-state index in [1.54, 1.807) is 31.2 Å². The third kappa shape index (κ3) is 4.85. The second-order valence-corrected chi connectivity index (χ2v) is 7.98. The van der Waals surface area contributed by atoms with E-state index in [2.05, 4.69) is 10.0 Å². The van der Waals surface area contributed by atoms with Gasteiger partial charge in [-0.15, -0.1) is 0 Å². The molecule has 0 unspecified atom stereocenters. The molecule has 3 aromatic rings. The molecule has 2 aromatic carbocycles. The second kappa shape index (κ2) is 8.37. The number of carbonyl (C=O) groups is 1. The van der Waals surface area contributed by atoms with Crippen molar-refractivity contribution in [1.29, 1.82) is 0 Å². The Kier molecular flexibility index (Phi) is 5.91. The number of hydrogen-bond acceptors (Lipinski definition) is 4. The molecule has 0 aliphatic rings. The van der Waals surface area contributed by atoms with Gasteiger partial charge < -0.3 is 9.73 Å². The van der Waals surface area contributed by atoms with Crippen LogP contribution in [-0.2, 0) is 23.1 Å². The highest BCUT2D eigenvalue weighted by molar-refractivity contribution is 7.89. The van der Waals surface area contributed by atoms with E-state index >= 15 is 0 Å². The van der Waals surface area contributed by atoms with E-state index in [-0.39, 0.29) is 29.7 Å². The first-order valence-electron chi connectivity index (χ1n) is 8.50. The normalized spacial score (nSPS) is 11.4. The summed E-state index contributed by atoms with van der Waals surface area (Å²) in [4.78, 5) is 12.2. The number of benzene rings is 2. The summed E-state index contributed by atoms with van der Waals surface area (Å²) in [6, 6.07) is 13.6. The van der Waals surface area contributed by atoms with Crippen LogP contribution in [0.3, 0.4) is 0 Å². The number of carbonyl (C=O) groups excluding carboxylic acids is 1. The number of furan rings is 1. The van der Waals surface area contributed by atoms with Crippen molar-refractivity contribution in [2.45, 2.75) is 24.9 Å². The Morgan fingerprint density at radius 2 is 1.75 bits per heavy atom. The highest BCUT2D eigenvalue weighted by Crippen LogP contribution is 2.14. The van der Waals surface area contributed by atoms with Crippen molar-refractivity contribution in [2.75, 3.05) is 0 Å². The third-order valence-electron chi connectivity index (χ3n) is 4.09. The van der Waals surface area contributed by atoms with Crippen molar-refractivity contribution in [3.8, 4) is 0 Å². The van der Waals surface area contributed by atoms with E-state index in [9.17, 15) is 17.6 Å². The third-order valence-corrected chi connectivity index (χ3v) is 5.48. The molecule has 0 aliphatic carbocycles. The molecule has 0 fully saturated rings. The van der Waals surface area contributed by atoms with Crippen molar-refractivity contribution >= 4 is 15.9 Å². The topological polar surface area (TPSA) is 88.4 Å². The summed E-state index contributed by atoms with van der Waals surface area (Å²) in [5.74, 6) is -0.582. The quantitative estimate of drug-likeness (QED) is 0.636. The van der Waals surface area contributed by atoms with E-state index in [0.717, 1.165) is 5.56 Å². The van der Waals surface area contributed by atoms with Crippen molar-refractivity contribution in [3.63, 3.8) is 0 Å². The van der Waals surface area contributed by atoms with Crippen LogP contribution in [0.4, 0.5) is 4.39 Å². The van der Waals surface area contributed by atoms with Crippen molar-refractivity contribution in [2.24, 2.45) is 0 Å². The molecule has 146 valence electrons. The van der Waals surface area contributed by atoms with Gasteiger partial charge >= 0.3 is 0 Å². The lowest BCUT2D eigenvalue weighted by Gasteiger charge is -2.09. The Morgan fingerprint density at radius 1 is 1.04 bits per heavy atom.